The Labute approximate surface area is 197 Å². The fourth-order valence-corrected chi connectivity index (χ4v) is 9.85. The van der Waals surface area contributed by atoms with Crippen molar-refractivity contribution in [1.82, 2.24) is 0 Å². The molecular formula is C20H38F9O3PS. The van der Waals surface area contributed by atoms with Gasteiger partial charge in [-0.1, -0.05) is 0 Å². The van der Waals surface area contributed by atoms with E-state index < -0.39 is 40.7 Å². The molecule has 1 N–H and O–H groups in total. The van der Waals surface area contributed by atoms with Gasteiger partial charge in [0.1, 0.15) is 0 Å². The van der Waals surface area contributed by atoms with Gasteiger partial charge in [0, 0.05) is 0 Å². The molecule has 0 spiro atoms. The van der Waals surface area contributed by atoms with E-state index in [4.69, 9.17) is 4.55 Å². The molecule has 0 aromatic rings. The summed E-state index contributed by atoms with van der Waals surface area (Å²) in [5, 5.41) is -7.00. The Morgan fingerprint density at radius 3 is 1.03 bits per heavy atom. The van der Waals surface area contributed by atoms with E-state index in [1.165, 1.54) is 51.4 Å². The average molecular weight is 561 g/mol. The Morgan fingerprint density at radius 2 is 0.853 bits per heavy atom. The Morgan fingerprint density at radius 1 is 0.588 bits per heavy atom. The molecule has 0 bridgehead atoms. The second kappa shape index (κ2) is 14.4. The van der Waals surface area contributed by atoms with Crippen molar-refractivity contribution in [3.63, 3.8) is 0 Å². The zero-order valence-corrected chi connectivity index (χ0v) is 21.9. The van der Waals surface area contributed by atoms with Crippen molar-refractivity contribution in [2.45, 2.75) is 102 Å². The van der Waals surface area contributed by atoms with E-state index in [1.54, 1.807) is 24.6 Å². The smallest absolute Gasteiger partial charge is 0.281 e. The van der Waals surface area contributed by atoms with E-state index in [0.29, 0.717) is 0 Å². The normalized spacial score (nSPS) is 14.5. The largest absolute Gasteiger partial charge is 0.460 e. The molecule has 0 aliphatic rings. The second-order valence-electron chi connectivity index (χ2n) is 8.55. The van der Waals surface area contributed by atoms with Crippen LogP contribution in [0.4, 0.5) is 39.5 Å². The number of hydrogen-bond acceptors (Lipinski definition) is 2. The molecule has 0 atom stereocenters. The van der Waals surface area contributed by atoms with Gasteiger partial charge in [0.05, 0.1) is 0 Å². The molecule has 0 aromatic carbocycles. The molecule has 210 valence electrons. The molecule has 0 aliphatic carbocycles. The maximum Gasteiger partial charge on any atom is 0.460 e. The third-order valence-electron chi connectivity index (χ3n) is 5.68. The van der Waals surface area contributed by atoms with Crippen LogP contribution in [0.3, 0.4) is 0 Å². The summed E-state index contributed by atoms with van der Waals surface area (Å²) in [4.78, 5) is 0. The quantitative estimate of drug-likeness (QED) is 0.125. The van der Waals surface area contributed by atoms with E-state index in [-0.39, 0.29) is 0 Å². The van der Waals surface area contributed by atoms with E-state index in [0.717, 1.165) is 0 Å². The zero-order valence-electron chi connectivity index (χ0n) is 20.1. The summed E-state index contributed by atoms with van der Waals surface area (Å²) in [5.41, 5.74) is 0. The molecule has 0 radical (unpaired) electrons. The van der Waals surface area contributed by atoms with Crippen LogP contribution in [0.2, 0.25) is 0 Å². The van der Waals surface area contributed by atoms with E-state index in [1.807, 2.05) is 0 Å². The molecule has 3 nitrogen and oxygen atoms in total. The summed E-state index contributed by atoms with van der Waals surface area (Å²) in [6.45, 7) is 9.44. The van der Waals surface area contributed by atoms with Gasteiger partial charge < -0.3 is 0 Å². The van der Waals surface area contributed by atoms with E-state index in [2.05, 4.69) is 27.7 Å². The molecule has 0 saturated carbocycles. The molecule has 34 heavy (non-hydrogen) atoms. The molecule has 0 saturated heterocycles. The average Bonchev–Trinajstić information content (AvgIpc) is 2.71. The van der Waals surface area contributed by atoms with Crippen LogP contribution >= 0.6 is 7.26 Å². The van der Waals surface area contributed by atoms with Crippen LogP contribution in [0.15, 0.2) is 0 Å². The van der Waals surface area contributed by atoms with Crippen LogP contribution in [0.5, 0.6) is 0 Å². The molecule has 14 heteroatoms. The van der Waals surface area contributed by atoms with Crippen molar-refractivity contribution in [3.8, 4) is 0 Å². The predicted molar refractivity (Wildman–Crippen MR) is 120 cm³/mol. The van der Waals surface area contributed by atoms with Crippen molar-refractivity contribution in [1.29, 1.82) is 0 Å². The van der Waals surface area contributed by atoms with Crippen molar-refractivity contribution in [3.05, 3.63) is 0 Å². The molecule has 0 unspecified atom stereocenters. The van der Waals surface area contributed by atoms with Crippen molar-refractivity contribution in [2.24, 2.45) is 0 Å². The van der Waals surface area contributed by atoms with Gasteiger partial charge in [0.15, 0.2) is 0 Å². The first kappa shape index (κ1) is 35.9. The summed E-state index contributed by atoms with van der Waals surface area (Å²) >= 11 is 0. The van der Waals surface area contributed by atoms with Crippen LogP contribution in [0.25, 0.3) is 0 Å². The van der Waals surface area contributed by atoms with Gasteiger partial charge in [-0.25, -0.2) is 0 Å². The minimum atomic E-state index is -7.37. The second-order valence-corrected chi connectivity index (χ2v) is 15.0. The van der Waals surface area contributed by atoms with Gasteiger partial charge in [0.2, 0.25) is 0 Å². The number of halogens is 9. The predicted octanol–water partition coefficient (Wildman–Crippen LogP) is 8.24. The van der Waals surface area contributed by atoms with Crippen molar-refractivity contribution >= 4 is 17.4 Å². The molecule has 0 rings (SSSR count). The first-order valence-corrected chi connectivity index (χ1v) is 15.7. The van der Waals surface area contributed by atoms with Gasteiger partial charge in [0.25, 0.3) is 0 Å². The van der Waals surface area contributed by atoms with Gasteiger partial charge in [-0.2, -0.15) is 47.9 Å². The SMILES string of the molecule is CCCC[PH](CCCC)(CCCC)CCCC.O=S(=O)(O)C(F)(F)C(F)(F)C(F)(F)C(F)(F)F. The molecule has 0 aliphatic heterocycles. The summed E-state index contributed by atoms with van der Waals surface area (Å²) in [6, 6.07) is 0. The number of alkyl halides is 9. The topological polar surface area (TPSA) is 54.4 Å². The van der Waals surface area contributed by atoms with Gasteiger partial charge in [-0.3, -0.25) is 4.55 Å². The summed E-state index contributed by atoms with van der Waals surface area (Å²) in [7, 11) is -8.05. The summed E-state index contributed by atoms with van der Waals surface area (Å²) in [5.74, 6) is -14.7. The van der Waals surface area contributed by atoms with Crippen molar-refractivity contribution < 1.29 is 52.5 Å². The molecule has 0 amide bonds. The number of rotatable bonds is 15. The van der Waals surface area contributed by atoms with Crippen LogP contribution in [0, 0.1) is 0 Å². The van der Waals surface area contributed by atoms with Gasteiger partial charge in [-0.15, -0.1) is 0 Å². The minimum absolute atomic E-state index is 0.879. The molecule has 0 aromatic heterocycles. The standard InChI is InChI=1S/C16H37P.C4HF9O3S/c1-5-9-13-17(14-10-6-2,15-11-7-3)16-12-8-4;5-1(6,3(9,10)11)2(7,8)4(12,13)17(14,15)16/h17H,5-16H2,1-4H3;(H,14,15,16). The zero-order chi connectivity index (χ0) is 27.5. The van der Waals surface area contributed by atoms with Crippen LogP contribution in [-0.4, -0.2) is 60.9 Å². The summed E-state index contributed by atoms with van der Waals surface area (Å²) < 4.78 is 134. The fourth-order valence-electron chi connectivity index (χ4n) is 3.48. The Kier molecular flexibility index (Phi) is 15.2. The maximum absolute atomic E-state index is 12.2. The van der Waals surface area contributed by atoms with Crippen LogP contribution in [-0.2, 0) is 10.1 Å². The number of unbranched alkanes of at least 4 members (excludes halogenated alkanes) is 4. The van der Waals surface area contributed by atoms with E-state index >= 15 is 0 Å². The molecule has 0 heterocycles. The van der Waals surface area contributed by atoms with Gasteiger partial charge >= 0.3 is 144 Å². The van der Waals surface area contributed by atoms with Crippen LogP contribution < -0.4 is 0 Å². The summed E-state index contributed by atoms with van der Waals surface area (Å²) in [6.07, 6.45) is 11.0. The minimum Gasteiger partial charge on any atom is -0.281 e. The molecule has 0 fully saturated rings. The maximum atomic E-state index is 12.2. The third kappa shape index (κ3) is 9.64. The number of hydrogen-bond donors (Lipinski definition) is 1. The Balaban J connectivity index is 0. The van der Waals surface area contributed by atoms with Crippen LogP contribution in [0.1, 0.15) is 79.1 Å². The fraction of sp³-hybridized carbons (Fsp3) is 1.00. The first-order valence-electron chi connectivity index (χ1n) is 11.4. The third-order valence-corrected chi connectivity index (χ3v) is 12.2. The van der Waals surface area contributed by atoms with E-state index in [9.17, 15) is 47.9 Å². The first-order chi connectivity index (χ1) is 15.2. The molecular weight excluding hydrogens is 522 g/mol. The Hall–Kier alpha value is -0.290. The monoisotopic (exact) mass is 560 g/mol. The Bertz CT molecular complexity index is 631. The van der Waals surface area contributed by atoms with Gasteiger partial charge in [-0.05, 0) is 0 Å². The van der Waals surface area contributed by atoms with Crippen molar-refractivity contribution in [2.75, 3.05) is 24.6 Å².